The van der Waals surface area contributed by atoms with Gasteiger partial charge < -0.3 is 10.1 Å². The van der Waals surface area contributed by atoms with Crippen molar-refractivity contribution in [1.29, 1.82) is 0 Å². The molecule has 1 amide bonds. The van der Waals surface area contributed by atoms with Crippen molar-refractivity contribution in [3.05, 3.63) is 58.1 Å². The van der Waals surface area contributed by atoms with Gasteiger partial charge in [-0.15, -0.1) is 5.10 Å². The highest BCUT2D eigenvalue weighted by molar-refractivity contribution is 6.35. The first-order chi connectivity index (χ1) is 12.5. The van der Waals surface area contributed by atoms with E-state index >= 15 is 0 Å². The molecule has 7 nitrogen and oxygen atoms in total. The number of halogens is 2. The van der Waals surface area contributed by atoms with E-state index in [9.17, 15) is 9.59 Å². The summed E-state index contributed by atoms with van der Waals surface area (Å²) >= 11 is 11.8. The van der Waals surface area contributed by atoms with E-state index in [4.69, 9.17) is 27.9 Å². The van der Waals surface area contributed by atoms with Crippen LogP contribution in [0.25, 0.3) is 11.0 Å². The minimum atomic E-state index is -0.583. The minimum Gasteiger partial charge on any atom is -0.454 e. The molecule has 0 atom stereocenters. The summed E-state index contributed by atoms with van der Waals surface area (Å²) in [5.74, 6) is -1.02. The smallest absolute Gasteiger partial charge is 0.328 e. The van der Waals surface area contributed by atoms with Gasteiger partial charge in [-0.1, -0.05) is 46.6 Å². The van der Waals surface area contributed by atoms with Crippen LogP contribution in [-0.2, 0) is 27.4 Å². The van der Waals surface area contributed by atoms with Crippen LogP contribution < -0.4 is 5.32 Å². The molecule has 1 N–H and O–H groups in total. The number of para-hydroxylation sites is 1. The fourth-order valence-electron chi connectivity index (χ4n) is 2.26. The number of carbonyl (C=O) groups is 2. The van der Waals surface area contributed by atoms with Crippen LogP contribution >= 0.6 is 23.2 Å². The van der Waals surface area contributed by atoms with E-state index < -0.39 is 18.5 Å². The Labute approximate surface area is 158 Å². The summed E-state index contributed by atoms with van der Waals surface area (Å²) in [5, 5.41) is 11.4. The minimum absolute atomic E-state index is 0.128. The number of ether oxygens (including phenoxy) is 1. The quantitative estimate of drug-likeness (QED) is 0.651. The second-order valence-corrected chi connectivity index (χ2v) is 6.25. The van der Waals surface area contributed by atoms with Crippen LogP contribution in [0.1, 0.15) is 5.56 Å². The van der Waals surface area contributed by atoms with E-state index in [-0.39, 0.29) is 13.1 Å². The lowest BCUT2D eigenvalue weighted by atomic mass is 10.2. The number of aromatic nitrogens is 3. The van der Waals surface area contributed by atoms with Gasteiger partial charge in [-0.2, -0.15) is 0 Å². The second-order valence-electron chi connectivity index (χ2n) is 5.41. The van der Waals surface area contributed by atoms with Crippen molar-refractivity contribution in [1.82, 2.24) is 20.3 Å². The molecule has 26 heavy (non-hydrogen) atoms. The first-order valence-corrected chi connectivity index (χ1v) is 8.43. The zero-order valence-electron chi connectivity index (χ0n) is 13.5. The molecule has 9 heteroatoms. The third-order valence-electron chi connectivity index (χ3n) is 3.55. The number of fused-ring (bicyclic) bond motifs is 1. The third-order valence-corrected chi connectivity index (χ3v) is 4.14. The van der Waals surface area contributed by atoms with E-state index in [1.807, 2.05) is 12.1 Å². The van der Waals surface area contributed by atoms with E-state index in [0.29, 0.717) is 26.6 Å². The Hall–Kier alpha value is -2.64. The molecule has 2 aromatic carbocycles. The number of carbonyl (C=O) groups excluding carboxylic acids is 2. The van der Waals surface area contributed by atoms with Gasteiger partial charge in [-0.3, -0.25) is 9.59 Å². The van der Waals surface area contributed by atoms with E-state index in [1.165, 1.54) is 4.68 Å². The lowest BCUT2D eigenvalue weighted by Gasteiger charge is -2.08. The topological polar surface area (TPSA) is 86.1 Å². The molecule has 0 saturated heterocycles. The summed E-state index contributed by atoms with van der Waals surface area (Å²) < 4.78 is 6.39. The molecule has 0 spiro atoms. The maximum absolute atomic E-state index is 11.9. The van der Waals surface area contributed by atoms with Gasteiger partial charge >= 0.3 is 5.97 Å². The molecule has 0 unspecified atom stereocenters. The standard InChI is InChI=1S/C17H14Cl2N4O3/c18-12-6-5-11(13(19)7-12)8-20-16(24)10-26-17(25)9-23-15-4-2-1-3-14(15)21-22-23/h1-7H,8-10H2,(H,20,24). The monoisotopic (exact) mass is 392 g/mol. The number of nitrogens with zero attached hydrogens (tertiary/aromatic N) is 3. The van der Waals surface area contributed by atoms with E-state index in [1.54, 1.807) is 30.3 Å². The molecule has 0 aliphatic carbocycles. The zero-order chi connectivity index (χ0) is 18.5. The molecule has 0 aliphatic rings. The summed E-state index contributed by atoms with van der Waals surface area (Å²) in [5.41, 5.74) is 2.11. The first kappa shape index (κ1) is 18.2. The van der Waals surface area contributed by atoms with Crippen LogP contribution in [0.15, 0.2) is 42.5 Å². The Morgan fingerprint density at radius 3 is 2.77 bits per heavy atom. The SMILES string of the molecule is O=C(COC(=O)Cn1nnc2ccccc21)NCc1ccc(Cl)cc1Cl. The summed E-state index contributed by atoms with van der Waals surface area (Å²) in [6.07, 6.45) is 0. The fourth-order valence-corrected chi connectivity index (χ4v) is 2.73. The van der Waals surface area contributed by atoms with Crippen LogP contribution in [0.4, 0.5) is 0 Å². The molecule has 134 valence electrons. The summed E-state index contributed by atoms with van der Waals surface area (Å²) in [4.78, 5) is 23.7. The predicted octanol–water partition coefficient (Wildman–Crippen LogP) is 2.60. The Morgan fingerprint density at radius 1 is 1.15 bits per heavy atom. The normalized spacial score (nSPS) is 10.7. The number of benzene rings is 2. The van der Waals surface area contributed by atoms with Crippen molar-refractivity contribution in [3.8, 4) is 0 Å². The molecule has 1 aromatic heterocycles. The van der Waals surface area contributed by atoms with Gasteiger partial charge in [0.1, 0.15) is 12.1 Å². The lowest BCUT2D eigenvalue weighted by Crippen LogP contribution is -2.29. The van der Waals surface area contributed by atoms with Crippen molar-refractivity contribution in [2.75, 3.05) is 6.61 Å². The largest absolute Gasteiger partial charge is 0.454 e. The third kappa shape index (κ3) is 4.50. The summed E-state index contributed by atoms with van der Waals surface area (Å²) in [6, 6.07) is 12.2. The van der Waals surface area contributed by atoms with Crippen molar-refractivity contribution < 1.29 is 14.3 Å². The van der Waals surface area contributed by atoms with E-state index in [2.05, 4.69) is 15.6 Å². The average Bonchev–Trinajstić information content (AvgIpc) is 3.02. The van der Waals surface area contributed by atoms with Crippen molar-refractivity contribution >= 4 is 46.1 Å². The second kappa shape index (κ2) is 8.16. The molecular formula is C17H14Cl2N4O3. The number of rotatable bonds is 6. The highest BCUT2D eigenvalue weighted by atomic mass is 35.5. The van der Waals surface area contributed by atoms with Crippen LogP contribution in [0.2, 0.25) is 10.0 Å². The molecule has 0 fully saturated rings. The Morgan fingerprint density at radius 2 is 1.96 bits per heavy atom. The van der Waals surface area contributed by atoms with Crippen LogP contribution in [-0.4, -0.2) is 33.5 Å². The first-order valence-electron chi connectivity index (χ1n) is 7.67. The summed E-state index contributed by atoms with van der Waals surface area (Å²) in [6.45, 7) is -0.312. The lowest BCUT2D eigenvalue weighted by molar-refractivity contribution is -0.149. The number of amides is 1. The molecular weight excluding hydrogens is 379 g/mol. The molecule has 0 aliphatic heterocycles. The highest BCUT2D eigenvalue weighted by Crippen LogP contribution is 2.20. The van der Waals surface area contributed by atoms with E-state index in [0.717, 1.165) is 0 Å². The molecule has 3 aromatic rings. The van der Waals surface area contributed by atoms with Crippen molar-refractivity contribution in [2.24, 2.45) is 0 Å². The Kier molecular flexibility index (Phi) is 5.70. The molecule has 3 rings (SSSR count). The highest BCUT2D eigenvalue weighted by Gasteiger charge is 2.12. The molecule has 0 bridgehead atoms. The number of hydrogen-bond acceptors (Lipinski definition) is 5. The maximum Gasteiger partial charge on any atom is 0.328 e. The number of esters is 1. The van der Waals surface area contributed by atoms with Gasteiger partial charge in [0.15, 0.2) is 6.61 Å². The average molecular weight is 393 g/mol. The van der Waals surface area contributed by atoms with Gasteiger partial charge in [-0.05, 0) is 29.8 Å². The number of nitrogens with one attached hydrogen (secondary N) is 1. The molecule has 1 heterocycles. The van der Waals surface area contributed by atoms with Crippen molar-refractivity contribution in [2.45, 2.75) is 13.1 Å². The van der Waals surface area contributed by atoms with Gasteiger partial charge in [0, 0.05) is 16.6 Å². The Bertz CT molecular complexity index is 958. The van der Waals surface area contributed by atoms with Gasteiger partial charge in [0.2, 0.25) is 0 Å². The number of hydrogen-bond donors (Lipinski definition) is 1. The summed E-state index contributed by atoms with van der Waals surface area (Å²) in [7, 11) is 0. The van der Waals surface area contributed by atoms with Crippen LogP contribution in [0.5, 0.6) is 0 Å². The van der Waals surface area contributed by atoms with Gasteiger partial charge in [0.25, 0.3) is 5.91 Å². The molecule has 0 radical (unpaired) electrons. The Balaban J connectivity index is 1.47. The van der Waals surface area contributed by atoms with Crippen LogP contribution in [0, 0.1) is 0 Å². The van der Waals surface area contributed by atoms with Crippen molar-refractivity contribution in [3.63, 3.8) is 0 Å². The predicted molar refractivity (Wildman–Crippen MR) is 96.8 cm³/mol. The van der Waals surface area contributed by atoms with Crippen LogP contribution in [0.3, 0.4) is 0 Å². The van der Waals surface area contributed by atoms with Gasteiger partial charge in [0.05, 0.1) is 5.52 Å². The maximum atomic E-state index is 11.9. The molecule has 0 saturated carbocycles. The zero-order valence-corrected chi connectivity index (χ0v) is 15.0. The van der Waals surface area contributed by atoms with Gasteiger partial charge in [-0.25, -0.2) is 4.68 Å². The fraction of sp³-hybridized carbons (Fsp3) is 0.176.